The Hall–Kier alpha value is -3.46. The number of nitrogens with one attached hydrogen (secondary N) is 3. The van der Waals surface area contributed by atoms with E-state index in [1.54, 1.807) is 0 Å². The van der Waals surface area contributed by atoms with Crippen molar-refractivity contribution in [2.45, 2.75) is 63.4 Å². The van der Waals surface area contributed by atoms with Crippen LogP contribution in [0.15, 0.2) is 4.99 Å². The summed E-state index contributed by atoms with van der Waals surface area (Å²) < 4.78 is 0. The largest absolute Gasteiger partial charge is 0.481 e. The Morgan fingerprint density at radius 3 is 1.94 bits per heavy atom. The lowest BCUT2D eigenvalue weighted by molar-refractivity contribution is -0.143. The number of carboxylic acids is 2. The number of rotatable bonds is 14. The van der Waals surface area contributed by atoms with Crippen molar-refractivity contribution in [3.63, 3.8) is 0 Å². The maximum Gasteiger partial charge on any atom is 0.326 e. The second-order valence-corrected chi connectivity index (χ2v) is 7.00. The van der Waals surface area contributed by atoms with Crippen LogP contribution in [0, 0.1) is 0 Å². The lowest BCUT2D eigenvalue weighted by Crippen LogP contribution is -2.57. The Morgan fingerprint density at radius 2 is 1.47 bits per heavy atom. The molecule has 0 spiro atoms. The zero-order chi connectivity index (χ0) is 25.0. The predicted molar refractivity (Wildman–Crippen MR) is 111 cm³/mol. The van der Waals surface area contributed by atoms with Gasteiger partial charge >= 0.3 is 11.9 Å². The van der Waals surface area contributed by atoms with Gasteiger partial charge in [-0.2, -0.15) is 0 Å². The van der Waals surface area contributed by atoms with Crippen molar-refractivity contribution >= 4 is 35.6 Å². The van der Waals surface area contributed by atoms with Crippen molar-refractivity contribution in [3.05, 3.63) is 0 Å². The van der Waals surface area contributed by atoms with Crippen LogP contribution in [-0.4, -0.2) is 87.8 Å². The number of aliphatic carboxylic acids is 2. The molecule has 3 amide bonds. The molecule has 12 N–H and O–H groups in total. The van der Waals surface area contributed by atoms with E-state index in [2.05, 4.69) is 20.9 Å². The van der Waals surface area contributed by atoms with Gasteiger partial charge in [-0.05, 0) is 26.7 Å². The molecule has 5 atom stereocenters. The quantitative estimate of drug-likeness (QED) is 0.0679. The van der Waals surface area contributed by atoms with Gasteiger partial charge < -0.3 is 48.5 Å². The second-order valence-electron chi connectivity index (χ2n) is 7.00. The molecule has 0 aliphatic heterocycles. The average Bonchev–Trinajstić information content (AvgIpc) is 2.67. The highest BCUT2D eigenvalue weighted by Gasteiger charge is 2.30. The molecule has 0 fully saturated rings. The van der Waals surface area contributed by atoms with Gasteiger partial charge in [0.05, 0.1) is 12.5 Å². The molecule has 182 valence electrons. The Labute approximate surface area is 183 Å². The standard InChI is InChI=1S/C17H31N7O8/c1-7(22-15(30)12(18)8(2)25)13(28)24-10(6-11(26)27)14(29)23-9(16(31)32)4-3-5-21-17(19)20/h7-10,12,25H,3-6,18H2,1-2H3,(H,22,30)(H,23,29)(H,24,28)(H,26,27)(H,31,32)(H4,19,20,21). The molecule has 0 heterocycles. The molecule has 15 heteroatoms. The van der Waals surface area contributed by atoms with Crippen molar-refractivity contribution < 1.29 is 39.3 Å². The van der Waals surface area contributed by atoms with Crippen LogP contribution in [0.2, 0.25) is 0 Å². The van der Waals surface area contributed by atoms with Gasteiger partial charge in [-0.15, -0.1) is 0 Å². The number of carboxylic acid groups (broad SMARTS) is 2. The van der Waals surface area contributed by atoms with Crippen LogP contribution in [0.1, 0.15) is 33.1 Å². The number of aliphatic hydroxyl groups is 1. The number of guanidine groups is 1. The van der Waals surface area contributed by atoms with Gasteiger partial charge in [0, 0.05) is 6.54 Å². The van der Waals surface area contributed by atoms with Gasteiger partial charge in [0.15, 0.2) is 5.96 Å². The number of carbonyl (C=O) groups excluding carboxylic acids is 3. The maximum absolute atomic E-state index is 12.5. The minimum absolute atomic E-state index is 0.0602. The molecule has 0 radical (unpaired) electrons. The van der Waals surface area contributed by atoms with Crippen molar-refractivity contribution in [2.75, 3.05) is 6.54 Å². The van der Waals surface area contributed by atoms with Crippen LogP contribution in [0.5, 0.6) is 0 Å². The number of aliphatic hydroxyl groups excluding tert-OH is 1. The summed E-state index contributed by atoms with van der Waals surface area (Å²) in [7, 11) is 0. The van der Waals surface area contributed by atoms with Gasteiger partial charge in [0.1, 0.15) is 24.2 Å². The Morgan fingerprint density at radius 1 is 0.906 bits per heavy atom. The van der Waals surface area contributed by atoms with Crippen molar-refractivity contribution in [3.8, 4) is 0 Å². The van der Waals surface area contributed by atoms with E-state index in [0.29, 0.717) is 0 Å². The van der Waals surface area contributed by atoms with E-state index in [-0.39, 0.29) is 25.3 Å². The number of nitrogens with zero attached hydrogens (tertiary/aromatic N) is 1. The minimum Gasteiger partial charge on any atom is -0.481 e. The molecule has 32 heavy (non-hydrogen) atoms. The molecule has 0 aliphatic carbocycles. The average molecular weight is 461 g/mol. The highest BCUT2D eigenvalue weighted by atomic mass is 16.4. The summed E-state index contributed by atoms with van der Waals surface area (Å²) in [5, 5.41) is 34.2. The molecule has 0 aromatic heterocycles. The summed E-state index contributed by atoms with van der Waals surface area (Å²) in [6.07, 6.45) is -1.88. The molecule has 5 unspecified atom stereocenters. The molecule has 0 bridgehead atoms. The lowest BCUT2D eigenvalue weighted by atomic mass is 10.1. The molecule has 15 nitrogen and oxygen atoms in total. The van der Waals surface area contributed by atoms with Crippen LogP contribution in [0.3, 0.4) is 0 Å². The Bertz CT molecular complexity index is 724. The summed E-state index contributed by atoms with van der Waals surface area (Å²) in [5.74, 6) is -5.80. The zero-order valence-electron chi connectivity index (χ0n) is 17.8. The summed E-state index contributed by atoms with van der Waals surface area (Å²) >= 11 is 0. The first-order valence-corrected chi connectivity index (χ1v) is 9.61. The number of aliphatic imine (C=N–C) groups is 1. The molecule has 0 aromatic rings. The fourth-order valence-corrected chi connectivity index (χ4v) is 2.31. The van der Waals surface area contributed by atoms with E-state index in [4.69, 9.17) is 22.3 Å². The van der Waals surface area contributed by atoms with Crippen LogP contribution in [0.25, 0.3) is 0 Å². The van der Waals surface area contributed by atoms with Gasteiger partial charge in [-0.1, -0.05) is 0 Å². The first-order chi connectivity index (χ1) is 14.8. The summed E-state index contributed by atoms with van der Waals surface area (Å²) in [4.78, 5) is 62.8. The highest BCUT2D eigenvalue weighted by molar-refractivity contribution is 5.95. The third kappa shape index (κ3) is 11.1. The maximum atomic E-state index is 12.5. The van der Waals surface area contributed by atoms with E-state index < -0.39 is 66.4 Å². The summed E-state index contributed by atoms with van der Waals surface area (Å²) in [6, 6.07) is -5.54. The second kappa shape index (κ2) is 13.8. The normalized spacial score (nSPS) is 15.2. The van der Waals surface area contributed by atoms with E-state index in [9.17, 15) is 34.2 Å². The predicted octanol–water partition coefficient (Wildman–Crippen LogP) is -4.22. The van der Waals surface area contributed by atoms with Crippen LogP contribution in [0.4, 0.5) is 0 Å². The first kappa shape index (κ1) is 28.5. The summed E-state index contributed by atoms with van der Waals surface area (Å²) in [5.41, 5.74) is 15.8. The fourth-order valence-electron chi connectivity index (χ4n) is 2.31. The fraction of sp³-hybridized carbons (Fsp3) is 0.647. The topological polar surface area (TPSA) is 273 Å². The van der Waals surface area contributed by atoms with Gasteiger partial charge in [0.2, 0.25) is 17.7 Å². The Balaban J connectivity index is 5.13. The number of hydrogen-bond donors (Lipinski definition) is 9. The van der Waals surface area contributed by atoms with E-state index in [0.717, 1.165) is 0 Å². The lowest BCUT2D eigenvalue weighted by Gasteiger charge is -2.23. The number of carbonyl (C=O) groups is 5. The number of hydrogen-bond acceptors (Lipinski definition) is 8. The molecule has 0 rings (SSSR count). The molecular formula is C17H31N7O8. The number of nitrogens with two attached hydrogens (primary N) is 3. The Kier molecular flexibility index (Phi) is 12.3. The van der Waals surface area contributed by atoms with Gasteiger partial charge in [-0.3, -0.25) is 24.2 Å². The highest BCUT2D eigenvalue weighted by Crippen LogP contribution is 2.02. The monoisotopic (exact) mass is 461 g/mol. The smallest absolute Gasteiger partial charge is 0.326 e. The van der Waals surface area contributed by atoms with Crippen molar-refractivity contribution in [1.29, 1.82) is 0 Å². The van der Waals surface area contributed by atoms with Crippen LogP contribution >= 0.6 is 0 Å². The van der Waals surface area contributed by atoms with Crippen molar-refractivity contribution in [1.82, 2.24) is 16.0 Å². The van der Waals surface area contributed by atoms with Crippen molar-refractivity contribution in [2.24, 2.45) is 22.2 Å². The van der Waals surface area contributed by atoms with Gasteiger partial charge in [-0.25, -0.2) is 4.79 Å². The van der Waals surface area contributed by atoms with E-state index >= 15 is 0 Å². The minimum atomic E-state index is -1.62. The molecule has 0 saturated heterocycles. The number of amides is 3. The molecule has 0 saturated carbocycles. The molecule has 0 aromatic carbocycles. The third-order valence-corrected chi connectivity index (χ3v) is 4.15. The summed E-state index contributed by atoms with van der Waals surface area (Å²) in [6.45, 7) is 2.64. The molecule has 0 aliphatic rings. The van der Waals surface area contributed by atoms with E-state index in [1.165, 1.54) is 13.8 Å². The SMILES string of the molecule is CC(NC(=O)C(N)C(C)O)C(=O)NC(CC(=O)O)C(=O)NC(CCCN=C(N)N)C(=O)O. The molecular weight excluding hydrogens is 430 g/mol. The van der Waals surface area contributed by atoms with Crippen LogP contribution in [-0.2, 0) is 24.0 Å². The zero-order valence-corrected chi connectivity index (χ0v) is 17.8. The third-order valence-electron chi connectivity index (χ3n) is 4.15. The first-order valence-electron chi connectivity index (χ1n) is 9.61. The van der Waals surface area contributed by atoms with Gasteiger partial charge in [0.25, 0.3) is 0 Å². The van der Waals surface area contributed by atoms with E-state index in [1.807, 2.05) is 0 Å². The van der Waals surface area contributed by atoms with Crippen LogP contribution < -0.4 is 33.2 Å².